The molecular weight excluding hydrogens is 318 g/mol. The molecule has 0 aromatic carbocycles. The van der Waals surface area contributed by atoms with Crippen molar-refractivity contribution in [2.24, 2.45) is 5.92 Å². The van der Waals surface area contributed by atoms with Crippen LogP contribution in [0.3, 0.4) is 0 Å². The Balaban J connectivity index is 2.54. The number of amides is 1. The Morgan fingerprint density at radius 3 is 2.43 bits per heavy atom. The lowest BCUT2D eigenvalue weighted by Gasteiger charge is -2.33. The van der Waals surface area contributed by atoms with E-state index in [2.05, 4.69) is 13.8 Å². The van der Waals surface area contributed by atoms with Crippen LogP contribution in [-0.4, -0.2) is 50.1 Å². The summed E-state index contributed by atoms with van der Waals surface area (Å²) < 4.78 is 29.3. The largest absolute Gasteiger partial charge is 0.444 e. The zero-order chi connectivity index (χ0) is 18.1. The van der Waals surface area contributed by atoms with Crippen molar-refractivity contribution in [3.63, 3.8) is 0 Å². The van der Waals surface area contributed by atoms with E-state index in [1.165, 1.54) is 6.26 Å². The second kappa shape index (κ2) is 7.17. The van der Waals surface area contributed by atoms with E-state index < -0.39 is 16.5 Å². The van der Waals surface area contributed by atoms with Crippen molar-refractivity contribution >= 4 is 17.0 Å². The normalized spacial score (nSPS) is 23.7. The molecule has 1 amide bonds. The van der Waals surface area contributed by atoms with Crippen molar-refractivity contribution in [3.8, 4) is 0 Å². The van der Waals surface area contributed by atoms with E-state index in [-0.39, 0.29) is 17.7 Å². The van der Waals surface area contributed by atoms with Crippen LogP contribution in [0.2, 0.25) is 0 Å². The molecule has 0 radical (unpaired) electrons. The molecule has 0 aromatic rings. The molecule has 1 aliphatic rings. The van der Waals surface area contributed by atoms with Gasteiger partial charge in [0, 0.05) is 18.3 Å². The van der Waals surface area contributed by atoms with Gasteiger partial charge in [-0.15, -0.1) is 0 Å². The maximum Gasteiger partial charge on any atom is 0.410 e. The average Bonchev–Trinajstić information content (AvgIpc) is 2.57. The first-order valence-electron chi connectivity index (χ1n) is 8.12. The van der Waals surface area contributed by atoms with Gasteiger partial charge in [0.15, 0.2) is 0 Å². The van der Waals surface area contributed by atoms with Gasteiger partial charge < -0.3 is 18.7 Å². The zero-order valence-corrected chi connectivity index (χ0v) is 16.3. The fourth-order valence-corrected chi connectivity index (χ4v) is 3.77. The Morgan fingerprint density at radius 1 is 1.39 bits per heavy atom. The Morgan fingerprint density at radius 2 is 1.96 bits per heavy atom. The van der Waals surface area contributed by atoms with E-state index in [0.29, 0.717) is 12.5 Å². The minimum absolute atomic E-state index is 0.219. The van der Waals surface area contributed by atoms with Gasteiger partial charge in [0.25, 0.3) is 0 Å². The molecule has 1 fully saturated rings. The molecule has 23 heavy (non-hydrogen) atoms. The number of ether oxygens (including phenoxy) is 1. The summed E-state index contributed by atoms with van der Waals surface area (Å²) in [5.74, 6) is 0.363. The molecule has 0 aliphatic carbocycles. The van der Waals surface area contributed by atoms with Crippen LogP contribution in [0, 0.1) is 5.92 Å². The van der Waals surface area contributed by atoms with E-state index in [9.17, 15) is 13.9 Å². The summed E-state index contributed by atoms with van der Waals surface area (Å²) in [6, 6.07) is 0. The Labute approximate surface area is 142 Å². The zero-order valence-electron chi connectivity index (χ0n) is 15.5. The van der Waals surface area contributed by atoms with Crippen LogP contribution < -0.4 is 0 Å². The summed E-state index contributed by atoms with van der Waals surface area (Å²) >= 11 is 0. The van der Waals surface area contributed by atoms with Crippen molar-refractivity contribution in [1.82, 2.24) is 4.90 Å². The molecule has 138 valence electrons. The first kappa shape index (κ1) is 20.5. The summed E-state index contributed by atoms with van der Waals surface area (Å²) in [7, 11) is -2.92. The predicted octanol–water partition coefficient (Wildman–Crippen LogP) is 4.50. The van der Waals surface area contributed by atoms with E-state index in [1.807, 2.05) is 32.6 Å². The molecule has 2 atom stereocenters. The Hall–Kier alpha value is -0.500. The van der Waals surface area contributed by atoms with Crippen LogP contribution in [-0.2, 0) is 8.92 Å². The molecule has 6 nitrogen and oxygen atoms in total. The van der Waals surface area contributed by atoms with E-state index in [0.717, 1.165) is 19.3 Å². The standard InChI is InChI=1S/C16H33NO5S/c1-12(22-23(7,19)20)8-9-13-10-16(5,6)17(11-13)14(18)21-15(2,3)4/h12-13,19-20H,8-11H2,1-7H3. The van der Waals surface area contributed by atoms with Gasteiger partial charge in [-0.25, -0.2) is 4.79 Å². The summed E-state index contributed by atoms with van der Waals surface area (Å²) in [4.78, 5) is 14.2. The van der Waals surface area contributed by atoms with Gasteiger partial charge in [0.1, 0.15) is 5.60 Å². The lowest BCUT2D eigenvalue weighted by molar-refractivity contribution is 0.0130. The van der Waals surface area contributed by atoms with Gasteiger partial charge in [0.2, 0.25) is 0 Å². The first-order valence-corrected chi connectivity index (χ1v) is 10.00. The van der Waals surface area contributed by atoms with Gasteiger partial charge in [-0.05, 0) is 66.7 Å². The first-order chi connectivity index (χ1) is 10.2. The van der Waals surface area contributed by atoms with Crippen molar-refractivity contribution in [1.29, 1.82) is 0 Å². The average molecular weight is 352 g/mol. The Bertz CT molecular complexity index is 414. The molecule has 1 saturated heterocycles. The van der Waals surface area contributed by atoms with Gasteiger partial charge in [-0.1, -0.05) is 0 Å². The summed E-state index contributed by atoms with van der Waals surface area (Å²) in [5, 5.41) is 0. The van der Waals surface area contributed by atoms with Crippen LogP contribution in [0.1, 0.15) is 60.8 Å². The molecule has 2 N–H and O–H groups in total. The topological polar surface area (TPSA) is 79.2 Å². The third-order valence-corrected chi connectivity index (χ3v) is 4.59. The second-order valence-electron chi connectivity index (χ2n) is 8.22. The van der Waals surface area contributed by atoms with Gasteiger partial charge in [-0.2, -0.15) is 0 Å². The van der Waals surface area contributed by atoms with Crippen LogP contribution in [0.5, 0.6) is 0 Å². The molecule has 7 heteroatoms. The third kappa shape index (κ3) is 7.28. The van der Waals surface area contributed by atoms with Crippen molar-refractivity contribution in [3.05, 3.63) is 0 Å². The van der Waals surface area contributed by atoms with E-state index >= 15 is 0 Å². The molecule has 1 aliphatic heterocycles. The van der Waals surface area contributed by atoms with Crippen LogP contribution in [0.25, 0.3) is 0 Å². The highest BCUT2D eigenvalue weighted by molar-refractivity contribution is 8.19. The highest BCUT2D eigenvalue weighted by atomic mass is 32.3. The van der Waals surface area contributed by atoms with E-state index in [4.69, 9.17) is 8.92 Å². The summed E-state index contributed by atoms with van der Waals surface area (Å²) in [6.45, 7) is 12.2. The SMILES string of the molecule is CC(CCC1CN(C(=O)OC(C)(C)C)C(C)(C)C1)OS(C)(O)O. The van der Waals surface area contributed by atoms with Crippen LogP contribution >= 0.6 is 10.9 Å². The number of nitrogens with zero attached hydrogens (tertiary/aromatic N) is 1. The second-order valence-corrected chi connectivity index (χ2v) is 9.94. The number of hydrogen-bond donors (Lipinski definition) is 2. The molecule has 1 rings (SSSR count). The lowest BCUT2D eigenvalue weighted by atomic mass is 9.93. The molecule has 0 spiro atoms. The van der Waals surface area contributed by atoms with Crippen molar-refractivity contribution in [2.75, 3.05) is 12.8 Å². The summed E-state index contributed by atoms with van der Waals surface area (Å²) in [6.07, 6.45) is 3.31. The number of hydrogen-bond acceptors (Lipinski definition) is 5. The Kier molecular flexibility index (Phi) is 6.40. The van der Waals surface area contributed by atoms with Crippen molar-refractivity contribution < 1.29 is 22.8 Å². The van der Waals surface area contributed by atoms with E-state index in [1.54, 1.807) is 0 Å². The summed E-state index contributed by atoms with van der Waals surface area (Å²) in [5.41, 5.74) is -0.728. The highest BCUT2D eigenvalue weighted by Gasteiger charge is 2.42. The van der Waals surface area contributed by atoms with Gasteiger partial charge in [0.05, 0.1) is 17.0 Å². The molecule has 0 aromatic heterocycles. The highest BCUT2D eigenvalue weighted by Crippen LogP contribution is 2.39. The maximum absolute atomic E-state index is 12.4. The predicted molar refractivity (Wildman–Crippen MR) is 93.7 cm³/mol. The minimum atomic E-state index is -2.92. The monoisotopic (exact) mass is 351 g/mol. The maximum atomic E-state index is 12.4. The number of rotatable bonds is 5. The molecule has 1 heterocycles. The van der Waals surface area contributed by atoms with Gasteiger partial charge in [-0.3, -0.25) is 4.18 Å². The lowest BCUT2D eigenvalue weighted by Crippen LogP contribution is -2.45. The smallest absolute Gasteiger partial charge is 0.410 e. The molecular formula is C16H33NO5S. The number of likely N-dealkylation sites (tertiary alicyclic amines) is 1. The quantitative estimate of drug-likeness (QED) is 0.762. The number of carbonyl (C=O) groups is 1. The van der Waals surface area contributed by atoms with Crippen LogP contribution in [0.4, 0.5) is 4.79 Å². The van der Waals surface area contributed by atoms with Crippen molar-refractivity contribution in [2.45, 2.75) is 78.0 Å². The fraction of sp³-hybridized carbons (Fsp3) is 0.938. The molecule has 0 bridgehead atoms. The molecule has 2 unspecified atom stereocenters. The molecule has 0 saturated carbocycles. The minimum Gasteiger partial charge on any atom is -0.444 e. The number of carbonyl (C=O) groups excluding carboxylic acids is 1. The fourth-order valence-electron chi connectivity index (χ4n) is 3.05. The van der Waals surface area contributed by atoms with Gasteiger partial charge >= 0.3 is 6.09 Å². The van der Waals surface area contributed by atoms with Crippen LogP contribution in [0.15, 0.2) is 0 Å². The third-order valence-electron chi connectivity index (χ3n) is 3.90.